The molecule has 0 radical (unpaired) electrons. The number of aryl methyl sites for hydroxylation is 1. The first kappa shape index (κ1) is 19.9. The lowest BCUT2D eigenvalue weighted by molar-refractivity contribution is -0.121. The molecule has 3 aromatic rings. The first-order valence-electron chi connectivity index (χ1n) is 9.95. The summed E-state index contributed by atoms with van der Waals surface area (Å²) >= 11 is 0. The molecule has 0 saturated carbocycles. The standard InChI is InChI=1S/C24H28N2O2/c1-18(2)16-20-8-10-21(11-9-20)22-17-26-24(28-22)13-12-23(27)25-15-14-19-6-4-3-5-7-19/h3-11,17-18H,12-16H2,1-2H3,(H,25,27). The highest BCUT2D eigenvalue weighted by Gasteiger charge is 2.09. The van der Waals surface area contributed by atoms with Crippen LogP contribution in [0.25, 0.3) is 11.3 Å². The number of nitrogens with one attached hydrogen (secondary N) is 1. The summed E-state index contributed by atoms with van der Waals surface area (Å²) in [6.07, 6.45) is 4.52. The van der Waals surface area contributed by atoms with Crippen molar-refractivity contribution in [2.24, 2.45) is 5.92 Å². The molecule has 0 spiro atoms. The number of nitrogens with zero attached hydrogens (tertiary/aromatic N) is 1. The molecular formula is C24H28N2O2. The number of oxazole rings is 1. The van der Waals surface area contributed by atoms with E-state index in [1.54, 1.807) is 6.20 Å². The summed E-state index contributed by atoms with van der Waals surface area (Å²) in [5.41, 5.74) is 3.56. The normalized spacial score (nSPS) is 11.0. The van der Waals surface area contributed by atoms with Crippen molar-refractivity contribution in [2.45, 2.75) is 39.5 Å². The fraction of sp³-hybridized carbons (Fsp3) is 0.333. The lowest BCUT2D eigenvalue weighted by Gasteiger charge is -2.05. The second-order valence-electron chi connectivity index (χ2n) is 7.50. The average molecular weight is 377 g/mol. The van der Waals surface area contributed by atoms with Crippen LogP contribution < -0.4 is 5.32 Å². The van der Waals surface area contributed by atoms with Gasteiger partial charge in [0.15, 0.2) is 11.7 Å². The Labute approximate surface area is 167 Å². The largest absolute Gasteiger partial charge is 0.441 e. The first-order chi connectivity index (χ1) is 13.6. The third kappa shape index (κ3) is 6.08. The Bertz CT molecular complexity index is 867. The van der Waals surface area contributed by atoms with E-state index < -0.39 is 0 Å². The van der Waals surface area contributed by atoms with Crippen LogP contribution in [0, 0.1) is 5.92 Å². The van der Waals surface area contributed by atoms with Crippen LogP contribution in [0.2, 0.25) is 0 Å². The molecule has 2 aromatic carbocycles. The van der Waals surface area contributed by atoms with Crippen LogP contribution >= 0.6 is 0 Å². The van der Waals surface area contributed by atoms with Gasteiger partial charge in [-0.25, -0.2) is 4.98 Å². The van der Waals surface area contributed by atoms with Crippen LogP contribution in [-0.4, -0.2) is 17.4 Å². The number of aromatic nitrogens is 1. The van der Waals surface area contributed by atoms with E-state index in [4.69, 9.17) is 4.42 Å². The molecule has 0 fully saturated rings. The van der Waals surface area contributed by atoms with E-state index >= 15 is 0 Å². The quantitative estimate of drug-likeness (QED) is 0.582. The zero-order valence-corrected chi connectivity index (χ0v) is 16.7. The first-order valence-corrected chi connectivity index (χ1v) is 9.95. The Kier molecular flexibility index (Phi) is 7.01. The van der Waals surface area contributed by atoms with Gasteiger partial charge in [0.25, 0.3) is 0 Å². The van der Waals surface area contributed by atoms with Gasteiger partial charge in [-0.1, -0.05) is 68.4 Å². The highest BCUT2D eigenvalue weighted by atomic mass is 16.4. The lowest BCUT2D eigenvalue weighted by atomic mass is 10.0. The molecule has 0 saturated heterocycles. The summed E-state index contributed by atoms with van der Waals surface area (Å²) in [5.74, 6) is 2.00. The summed E-state index contributed by atoms with van der Waals surface area (Å²) < 4.78 is 5.82. The third-order valence-electron chi connectivity index (χ3n) is 4.58. The predicted molar refractivity (Wildman–Crippen MR) is 112 cm³/mol. The van der Waals surface area contributed by atoms with Gasteiger partial charge in [-0.3, -0.25) is 4.79 Å². The van der Waals surface area contributed by atoms with Gasteiger partial charge in [0, 0.05) is 24.9 Å². The average Bonchev–Trinajstić information content (AvgIpc) is 3.16. The van der Waals surface area contributed by atoms with Crippen molar-refractivity contribution >= 4 is 5.91 Å². The molecule has 0 unspecified atom stereocenters. The Morgan fingerprint density at radius 2 is 1.75 bits per heavy atom. The van der Waals surface area contributed by atoms with Gasteiger partial charge in [-0.05, 0) is 29.9 Å². The Morgan fingerprint density at radius 3 is 2.46 bits per heavy atom. The molecule has 3 rings (SSSR count). The van der Waals surface area contributed by atoms with Gasteiger partial charge in [0.05, 0.1) is 6.20 Å². The maximum absolute atomic E-state index is 12.0. The molecule has 0 aliphatic carbocycles. The van der Waals surface area contributed by atoms with E-state index in [2.05, 4.69) is 60.5 Å². The minimum Gasteiger partial charge on any atom is -0.441 e. The number of amides is 1. The molecule has 1 N–H and O–H groups in total. The Hall–Kier alpha value is -2.88. The monoisotopic (exact) mass is 376 g/mol. The van der Waals surface area contributed by atoms with Gasteiger partial charge in [-0.15, -0.1) is 0 Å². The van der Waals surface area contributed by atoms with Gasteiger partial charge in [0.1, 0.15) is 0 Å². The van der Waals surface area contributed by atoms with Gasteiger partial charge < -0.3 is 9.73 Å². The second kappa shape index (κ2) is 9.88. The van der Waals surface area contributed by atoms with Crippen molar-refractivity contribution in [1.82, 2.24) is 10.3 Å². The zero-order chi connectivity index (χ0) is 19.8. The molecule has 0 aliphatic heterocycles. The molecule has 1 amide bonds. The second-order valence-corrected chi connectivity index (χ2v) is 7.50. The lowest BCUT2D eigenvalue weighted by Crippen LogP contribution is -2.25. The van der Waals surface area contributed by atoms with Crippen molar-refractivity contribution in [3.8, 4) is 11.3 Å². The molecule has 1 heterocycles. The number of carbonyl (C=O) groups is 1. The highest BCUT2D eigenvalue weighted by molar-refractivity contribution is 5.76. The number of hydrogen-bond donors (Lipinski definition) is 1. The van der Waals surface area contributed by atoms with E-state index in [0.29, 0.717) is 31.2 Å². The smallest absolute Gasteiger partial charge is 0.220 e. The minimum atomic E-state index is 0.0220. The maximum Gasteiger partial charge on any atom is 0.220 e. The van der Waals surface area contributed by atoms with E-state index in [1.165, 1.54) is 11.1 Å². The number of rotatable bonds is 9. The fourth-order valence-corrected chi connectivity index (χ4v) is 3.14. The molecule has 1 aromatic heterocycles. The molecule has 4 heteroatoms. The molecule has 0 atom stereocenters. The van der Waals surface area contributed by atoms with Crippen LogP contribution in [0.4, 0.5) is 0 Å². The maximum atomic E-state index is 12.0. The predicted octanol–water partition coefficient (Wildman–Crippen LogP) is 4.83. The minimum absolute atomic E-state index is 0.0220. The van der Waals surface area contributed by atoms with Crippen LogP contribution in [0.15, 0.2) is 65.2 Å². The van der Waals surface area contributed by atoms with E-state index in [-0.39, 0.29) is 5.91 Å². The van der Waals surface area contributed by atoms with Crippen LogP contribution in [0.5, 0.6) is 0 Å². The molecule has 28 heavy (non-hydrogen) atoms. The number of benzene rings is 2. The van der Waals surface area contributed by atoms with Crippen molar-refractivity contribution in [3.05, 3.63) is 77.8 Å². The molecule has 146 valence electrons. The summed E-state index contributed by atoms with van der Waals surface area (Å²) in [5, 5.41) is 2.95. The molecular weight excluding hydrogens is 348 g/mol. The zero-order valence-electron chi connectivity index (χ0n) is 16.7. The van der Waals surface area contributed by atoms with E-state index in [1.807, 2.05) is 18.2 Å². The van der Waals surface area contributed by atoms with Crippen molar-refractivity contribution in [3.63, 3.8) is 0 Å². The topological polar surface area (TPSA) is 55.1 Å². The summed E-state index contributed by atoms with van der Waals surface area (Å²) in [4.78, 5) is 16.3. The SMILES string of the molecule is CC(C)Cc1ccc(-c2cnc(CCC(=O)NCCc3ccccc3)o2)cc1. The summed E-state index contributed by atoms with van der Waals surface area (Å²) in [7, 11) is 0. The van der Waals surface area contributed by atoms with Crippen molar-refractivity contribution in [1.29, 1.82) is 0 Å². The van der Waals surface area contributed by atoms with Crippen LogP contribution in [-0.2, 0) is 24.1 Å². The number of hydrogen-bond acceptors (Lipinski definition) is 3. The van der Waals surface area contributed by atoms with Crippen molar-refractivity contribution in [2.75, 3.05) is 6.54 Å². The molecule has 0 aliphatic rings. The number of carbonyl (C=O) groups excluding carboxylic acids is 1. The Balaban J connectivity index is 1.44. The van der Waals surface area contributed by atoms with Gasteiger partial charge in [-0.2, -0.15) is 0 Å². The molecule has 0 bridgehead atoms. The van der Waals surface area contributed by atoms with Crippen molar-refractivity contribution < 1.29 is 9.21 Å². The van der Waals surface area contributed by atoms with Gasteiger partial charge >= 0.3 is 0 Å². The highest BCUT2D eigenvalue weighted by Crippen LogP contribution is 2.22. The van der Waals surface area contributed by atoms with Crippen LogP contribution in [0.1, 0.15) is 37.3 Å². The summed E-state index contributed by atoms with van der Waals surface area (Å²) in [6, 6.07) is 18.6. The molecule has 4 nitrogen and oxygen atoms in total. The van der Waals surface area contributed by atoms with E-state index in [9.17, 15) is 4.79 Å². The van der Waals surface area contributed by atoms with Crippen LogP contribution in [0.3, 0.4) is 0 Å². The van der Waals surface area contributed by atoms with E-state index in [0.717, 1.165) is 24.2 Å². The Morgan fingerprint density at radius 1 is 1.00 bits per heavy atom. The fourth-order valence-electron chi connectivity index (χ4n) is 3.14. The summed E-state index contributed by atoms with van der Waals surface area (Å²) in [6.45, 7) is 5.07. The van der Waals surface area contributed by atoms with Gasteiger partial charge in [0.2, 0.25) is 5.91 Å². The third-order valence-corrected chi connectivity index (χ3v) is 4.58.